The zero-order valence-corrected chi connectivity index (χ0v) is 20.4. The zero-order chi connectivity index (χ0) is 24.1. The van der Waals surface area contributed by atoms with E-state index in [2.05, 4.69) is 35.9 Å². The first-order valence-electron chi connectivity index (χ1n) is 11.9. The Labute approximate surface area is 201 Å². The van der Waals surface area contributed by atoms with Crippen LogP contribution in [0.25, 0.3) is 11.0 Å². The van der Waals surface area contributed by atoms with Gasteiger partial charge in [-0.25, -0.2) is 4.98 Å². The minimum absolute atomic E-state index is 0.0116. The lowest BCUT2D eigenvalue weighted by atomic mass is 10.0. The van der Waals surface area contributed by atoms with Crippen molar-refractivity contribution in [2.24, 2.45) is 0 Å². The second-order valence-electron chi connectivity index (χ2n) is 9.04. The maximum atomic E-state index is 12.8. The average molecular weight is 456 g/mol. The number of nitrogens with one attached hydrogen (secondary N) is 1. The molecule has 1 atom stereocenters. The molecule has 4 rings (SSSR count). The van der Waals surface area contributed by atoms with E-state index in [9.17, 15) is 4.79 Å². The van der Waals surface area contributed by atoms with Gasteiger partial charge in [0.2, 0.25) is 5.91 Å². The molecule has 0 bridgehead atoms. The molecule has 0 fully saturated rings. The van der Waals surface area contributed by atoms with Crippen molar-refractivity contribution in [3.63, 3.8) is 0 Å². The van der Waals surface area contributed by atoms with Crippen LogP contribution >= 0.6 is 0 Å². The normalized spacial score (nSPS) is 12.1. The Balaban J connectivity index is 1.51. The van der Waals surface area contributed by atoms with Crippen LogP contribution in [-0.2, 0) is 17.8 Å². The average Bonchev–Trinajstić information content (AvgIpc) is 3.19. The largest absolute Gasteiger partial charge is 0.491 e. The number of carbonyl (C=O) groups excluding carboxylic acids is 1. The van der Waals surface area contributed by atoms with Gasteiger partial charge in [-0.3, -0.25) is 4.79 Å². The summed E-state index contributed by atoms with van der Waals surface area (Å²) in [7, 11) is 0. The fourth-order valence-electron chi connectivity index (χ4n) is 4.33. The Bertz CT molecular complexity index is 1280. The molecule has 1 aromatic heterocycles. The van der Waals surface area contributed by atoms with Crippen LogP contribution in [0.5, 0.6) is 5.75 Å². The van der Waals surface area contributed by atoms with E-state index in [1.165, 1.54) is 5.56 Å². The van der Waals surface area contributed by atoms with E-state index in [0.717, 1.165) is 33.7 Å². The van der Waals surface area contributed by atoms with Crippen LogP contribution in [0.4, 0.5) is 0 Å². The molecule has 1 amide bonds. The molecule has 1 N–H and O–H groups in total. The van der Waals surface area contributed by atoms with E-state index in [1.807, 2.05) is 74.5 Å². The van der Waals surface area contributed by atoms with Crippen molar-refractivity contribution in [2.45, 2.75) is 52.6 Å². The molecule has 4 aromatic rings. The van der Waals surface area contributed by atoms with Crippen molar-refractivity contribution in [3.05, 3.63) is 95.3 Å². The number of aryl methyl sites for hydroxylation is 1. The number of ether oxygens (including phenoxy) is 1. The van der Waals surface area contributed by atoms with Gasteiger partial charge in [-0.1, -0.05) is 68.4 Å². The number of rotatable bonds is 9. The number of benzene rings is 3. The predicted molar refractivity (Wildman–Crippen MR) is 137 cm³/mol. The molecule has 0 aliphatic carbocycles. The Hall–Kier alpha value is -3.60. The smallest absolute Gasteiger partial charge is 0.225 e. The number of nitrogens with zero attached hydrogens (tertiary/aromatic N) is 2. The number of fused-ring (bicyclic) bond motifs is 1. The first-order valence-corrected chi connectivity index (χ1v) is 11.9. The van der Waals surface area contributed by atoms with E-state index < -0.39 is 0 Å². The molecule has 0 saturated heterocycles. The molecule has 5 heteroatoms. The van der Waals surface area contributed by atoms with Crippen LogP contribution < -0.4 is 10.1 Å². The molecular formula is C29H33N3O2. The summed E-state index contributed by atoms with van der Waals surface area (Å²) in [5.74, 6) is 2.13. The molecule has 0 saturated carbocycles. The van der Waals surface area contributed by atoms with E-state index >= 15 is 0 Å². The van der Waals surface area contributed by atoms with Gasteiger partial charge in [0.15, 0.2) is 0 Å². The van der Waals surface area contributed by atoms with Crippen LogP contribution in [0.3, 0.4) is 0 Å². The van der Waals surface area contributed by atoms with Crippen molar-refractivity contribution in [1.82, 2.24) is 14.9 Å². The van der Waals surface area contributed by atoms with Gasteiger partial charge < -0.3 is 14.6 Å². The van der Waals surface area contributed by atoms with Crippen molar-refractivity contribution < 1.29 is 9.53 Å². The summed E-state index contributed by atoms with van der Waals surface area (Å²) in [6.07, 6.45) is 0.354. The summed E-state index contributed by atoms with van der Waals surface area (Å²) in [5.41, 5.74) is 5.32. The van der Waals surface area contributed by atoms with E-state index in [-0.39, 0.29) is 11.9 Å². The molecular weight excluding hydrogens is 422 g/mol. The van der Waals surface area contributed by atoms with Crippen molar-refractivity contribution in [3.8, 4) is 5.75 Å². The third-order valence-electron chi connectivity index (χ3n) is 6.17. The lowest BCUT2D eigenvalue weighted by Crippen LogP contribution is -2.30. The number of imidazole rings is 1. The lowest BCUT2D eigenvalue weighted by Gasteiger charge is -2.18. The predicted octanol–water partition coefficient (Wildman–Crippen LogP) is 5.97. The van der Waals surface area contributed by atoms with Crippen LogP contribution in [0.2, 0.25) is 0 Å². The molecule has 0 radical (unpaired) electrons. The quantitative estimate of drug-likeness (QED) is 0.338. The Morgan fingerprint density at radius 3 is 2.47 bits per heavy atom. The monoisotopic (exact) mass is 455 g/mol. The topological polar surface area (TPSA) is 56.2 Å². The first-order chi connectivity index (χ1) is 16.4. The maximum Gasteiger partial charge on any atom is 0.225 e. The van der Waals surface area contributed by atoms with Gasteiger partial charge >= 0.3 is 0 Å². The zero-order valence-electron chi connectivity index (χ0n) is 20.4. The highest BCUT2D eigenvalue weighted by Gasteiger charge is 2.19. The Morgan fingerprint density at radius 2 is 1.68 bits per heavy atom. The van der Waals surface area contributed by atoms with Gasteiger partial charge in [-0.05, 0) is 54.7 Å². The number of amides is 1. The highest BCUT2D eigenvalue weighted by atomic mass is 16.5. The molecule has 34 heavy (non-hydrogen) atoms. The molecule has 0 aliphatic rings. The van der Waals surface area contributed by atoms with Gasteiger partial charge in [-0.15, -0.1) is 0 Å². The standard InChI is InChI=1S/C29H33N3O2/c1-20(2)24-13-7-10-16-27(24)34-18-17-32-26-15-9-8-14-25(26)31-29(32)22(4)30-28(33)19-23-12-6-5-11-21(23)3/h5-16,20,22H,17-19H2,1-4H3,(H,30,33). The van der Waals surface area contributed by atoms with Gasteiger partial charge in [0.1, 0.15) is 18.2 Å². The highest BCUT2D eigenvalue weighted by Crippen LogP contribution is 2.26. The minimum atomic E-state index is -0.230. The molecule has 5 nitrogen and oxygen atoms in total. The van der Waals surface area contributed by atoms with Crippen LogP contribution in [-0.4, -0.2) is 22.1 Å². The lowest BCUT2D eigenvalue weighted by molar-refractivity contribution is -0.121. The van der Waals surface area contributed by atoms with Crippen LogP contribution in [0.15, 0.2) is 72.8 Å². The summed E-state index contributed by atoms with van der Waals surface area (Å²) in [4.78, 5) is 17.7. The highest BCUT2D eigenvalue weighted by molar-refractivity contribution is 5.80. The fourth-order valence-corrected chi connectivity index (χ4v) is 4.33. The Kier molecular flexibility index (Phi) is 7.31. The number of hydrogen-bond donors (Lipinski definition) is 1. The van der Waals surface area contributed by atoms with Crippen molar-refractivity contribution in [2.75, 3.05) is 6.61 Å². The molecule has 1 unspecified atom stereocenters. The van der Waals surface area contributed by atoms with Crippen molar-refractivity contribution in [1.29, 1.82) is 0 Å². The van der Waals surface area contributed by atoms with E-state index in [1.54, 1.807) is 0 Å². The summed E-state index contributed by atoms with van der Waals surface area (Å²) in [6.45, 7) is 9.52. The molecule has 1 heterocycles. The van der Waals surface area contributed by atoms with E-state index in [4.69, 9.17) is 9.72 Å². The van der Waals surface area contributed by atoms with Gasteiger partial charge in [0.25, 0.3) is 0 Å². The van der Waals surface area contributed by atoms with E-state index in [0.29, 0.717) is 25.5 Å². The molecule has 0 spiro atoms. The van der Waals surface area contributed by atoms with Crippen LogP contribution in [0, 0.1) is 6.92 Å². The Morgan fingerprint density at radius 1 is 0.971 bits per heavy atom. The number of aromatic nitrogens is 2. The summed E-state index contributed by atoms with van der Waals surface area (Å²) < 4.78 is 8.35. The van der Waals surface area contributed by atoms with Crippen molar-refractivity contribution >= 4 is 16.9 Å². The third-order valence-corrected chi connectivity index (χ3v) is 6.17. The summed E-state index contributed by atoms with van der Waals surface area (Å²) >= 11 is 0. The summed E-state index contributed by atoms with van der Waals surface area (Å²) in [5, 5.41) is 3.14. The maximum absolute atomic E-state index is 12.8. The summed E-state index contributed by atoms with van der Waals surface area (Å²) in [6, 6.07) is 24.0. The van der Waals surface area contributed by atoms with Gasteiger partial charge in [0.05, 0.1) is 30.0 Å². The number of carbonyl (C=O) groups is 1. The van der Waals surface area contributed by atoms with Crippen LogP contribution in [0.1, 0.15) is 55.2 Å². The molecule has 176 valence electrons. The van der Waals surface area contributed by atoms with Gasteiger partial charge in [0, 0.05) is 0 Å². The fraction of sp³-hybridized carbons (Fsp3) is 0.310. The molecule has 3 aromatic carbocycles. The number of para-hydroxylation sites is 3. The van der Waals surface area contributed by atoms with Gasteiger partial charge in [-0.2, -0.15) is 0 Å². The second-order valence-corrected chi connectivity index (χ2v) is 9.04. The SMILES string of the molecule is Cc1ccccc1CC(=O)NC(C)c1nc2ccccc2n1CCOc1ccccc1C(C)C. The minimum Gasteiger partial charge on any atom is -0.491 e. The number of hydrogen-bond acceptors (Lipinski definition) is 3. The third kappa shape index (κ3) is 5.30. The first kappa shape index (κ1) is 23.6. The molecule has 0 aliphatic heterocycles. The second kappa shape index (κ2) is 10.6.